The number of aromatic nitrogens is 2. The Balaban J connectivity index is 2.45. The number of nitrogens with zero attached hydrogens (tertiary/aromatic N) is 5. The highest BCUT2D eigenvalue weighted by atomic mass is 15.1. The summed E-state index contributed by atoms with van der Waals surface area (Å²) in [6.45, 7) is 0.462. The second-order valence-corrected chi connectivity index (χ2v) is 1.95. The molecule has 0 aromatic carbocycles. The van der Waals surface area contributed by atoms with Gasteiger partial charge in [-0.3, -0.25) is 0 Å². The monoisotopic (exact) mass is 149 g/mol. The molecule has 0 fully saturated rings. The minimum Gasteiger partial charge on any atom is -0.245 e. The molecule has 0 spiro atoms. The van der Waals surface area contributed by atoms with Crippen molar-refractivity contribution < 1.29 is 0 Å². The maximum Gasteiger partial charge on any atom is 0.115 e. The van der Waals surface area contributed by atoms with E-state index in [0.717, 1.165) is 5.56 Å². The van der Waals surface area contributed by atoms with Gasteiger partial charge in [-0.1, -0.05) is 5.11 Å². The van der Waals surface area contributed by atoms with Crippen LogP contribution < -0.4 is 0 Å². The largest absolute Gasteiger partial charge is 0.245 e. The van der Waals surface area contributed by atoms with Crippen molar-refractivity contribution in [2.45, 2.75) is 6.42 Å². The lowest BCUT2D eigenvalue weighted by Gasteiger charge is -1.92. The van der Waals surface area contributed by atoms with Crippen molar-refractivity contribution in [2.24, 2.45) is 5.11 Å². The molecule has 0 saturated heterocycles. The normalized spacial score (nSPS) is 8.73. The van der Waals surface area contributed by atoms with Crippen molar-refractivity contribution in [2.75, 3.05) is 6.54 Å². The molecule has 0 aliphatic rings. The van der Waals surface area contributed by atoms with Crippen molar-refractivity contribution in [1.29, 1.82) is 0 Å². The molecule has 1 aromatic heterocycles. The molecular formula is C6H7N5. The molecule has 0 radical (unpaired) electrons. The Hall–Kier alpha value is -1.61. The highest BCUT2D eigenvalue weighted by molar-refractivity contribution is 5.02. The first kappa shape index (κ1) is 7.50. The molecule has 0 N–H and O–H groups in total. The molecule has 0 atom stereocenters. The van der Waals surface area contributed by atoms with Crippen molar-refractivity contribution in [3.8, 4) is 0 Å². The van der Waals surface area contributed by atoms with E-state index in [1.807, 2.05) is 0 Å². The second kappa shape index (κ2) is 4.24. The maximum atomic E-state index is 7.97. The van der Waals surface area contributed by atoms with E-state index in [1.165, 1.54) is 6.33 Å². The lowest BCUT2D eigenvalue weighted by Crippen LogP contribution is -1.89. The van der Waals surface area contributed by atoms with E-state index in [2.05, 4.69) is 20.0 Å². The van der Waals surface area contributed by atoms with Crippen molar-refractivity contribution >= 4 is 0 Å². The van der Waals surface area contributed by atoms with Gasteiger partial charge in [0, 0.05) is 23.9 Å². The Bertz CT molecular complexity index is 251. The number of rotatable bonds is 3. The molecule has 56 valence electrons. The third kappa shape index (κ3) is 2.64. The van der Waals surface area contributed by atoms with Gasteiger partial charge in [0.1, 0.15) is 6.33 Å². The molecule has 0 unspecified atom stereocenters. The Labute approximate surface area is 63.7 Å². The van der Waals surface area contributed by atoms with Gasteiger partial charge in [-0.15, -0.1) is 0 Å². The highest BCUT2D eigenvalue weighted by Crippen LogP contribution is 1.93. The van der Waals surface area contributed by atoms with Crippen LogP contribution in [0.5, 0.6) is 0 Å². The van der Waals surface area contributed by atoms with Crippen LogP contribution in [0.15, 0.2) is 23.8 Å². The average Bonchev–Trinajstić information content (AvgIpc) is 2.07. The number of hydrogen-bond acceptors (Lipinski definition) is 3. The molecule has 0 amide bonds. The van der Waals surface area contributed by atoms with Gasteiger partial charge in [-0.25, -0.2) is 9.97 Å². The van der Waals surface area contributed by atoms with E-state index in [9.17, 15) is 0 Å². The minimum absolute atomic E-state index is 0.462. The summed E-state index contributed by atoms with van der Waals surface area (Å²) in [7, 11) is 0. The first-order valence-corrected chi connectivity index (χ1v) is 3.18. The van der Waals surface area contributed by atoms with Gasteiger partial charge in [0.2, 0.25) is 0 Å². The van der Waals surface area contributed by atoms with E-state index >= 15 is 0 Å². The van der Waals surface area contributed by atoms with E-state index < -0.39 is 0 Å². The van der Waals surface area contributed by atoms with E-state index in [4.69, 9.17) is 5.53 Å². The first-order valence-electron chi connectivity index (χ1n) is 3.18. The molecule has 11 heavy (non-hydrogen) atoms. The number of azide groups is 1. The van der Waals surface area contributed by atoms with Crippen LogP contribution in [0.1, 0.15) is 5.56 Å². The summed E-state index contributed by atoms with van der Waals surface area (Å²) >= 11 is 0. The second-order valence-electron chi connectivity index (χ2n) is 1.95. The maximum absolute atomic E-state index is 7.97. The Morgan fingerprint density at radius 2 is 2.18 bits per heavy atom. The summed E-state index contributed by atoms with van der Waals surface area (Å²) in [4.78, 5) is 10.3. The van der Waals surface area contributed by atoms with Gasteiger partial charge < -0.3 is 0 Å². The summed E-state index contributed by atoms with van der Waals surface area (Å²) in [5.41, 5.74) is 8.96. The molecule has 1 aromatic rings. The predicted molar refractivity (Wildman–Crippen MR) is 39.7 cm³/mol. The number of hydrogen-bond donors (Lipinski definition) is 0. The fourth-order valence-corrected chi connectivity index (χ4v) is 0.683. The van der Waals surface area contributed by atoms with Crippen LogP contribution in [0.2, 0.25) is 0 Å². The van der Waals surface area contributed by atoms with Gasteiger partial charge in [0.05, 0.1) is 0 Å². The fraction of sp³-hybridized carbons (Fsp3) is 0.333. The van der Waals surface area contributed by atoms with E-state index in [-0.39, 0.29) is 0 Å². The molecule has 0 aliphatic heterocycles. The minimum atomic E-state index is 0.462. The lowest BCUT2D eigenvalue weighted by molar-refractivity contribution is 0.931. The van der Waals surface area contributed by atoms with Crippen molar-refractivity contribution in [3.63, 3.8) is 0 Å². The molecule has 5 nitrogen and oxygen atoms in total. The fourth-order valence-electron chi connectivity index (χ4n) is 0.683. The zero-order chi connectivity index (χ0) is 7.94. The van der Waals surface area contributed by atoms with Crippen molar-refractivity contribution in [1.82, 2.24) is 9.97 Å². The zero-order valence-corrected chi connectivity index (χ0v) is 5.88. The SMILES string of the molecule is [N-]=[N+]=NCCc1cncnc1. The zero-order valence-electron chi connectivity index (χ0n) is 5.88. The van der Waals surface area contributed by atoms with Crippen LogP contribution in [0.25, 0.3) is 10.4 Å². The Morgan fingerprint density at radius 3 is 2.82 bits per heavy atom. The van der Waals surface area contributed by atoms with Crippen LogP contribution in [0, 0.1) is 0 Å². The predicted octanol–water partition coefficient (Wildman–Crippen LogP) is 1.33. The van der Waals surface area contributed by atoms with Crippen molar-refractivity contribution in [3.05, 3.63) is 34.7 Å². The summed E-state index contributed by atoms with van der Waals surface area (Å²) in [6, 6.07) is 0. The van der Waals surface area contributed by atoms with Gasteiger partial charge in [-0.05, 0) is 17.5 Å². The standard InChI is InChI=1S/C6H7N5/c7-11-10-2-1-6-3-8-5-9-4-6/h3-5H,1-2H2. The van der Waals surface area contributed by atoms with Crippen LogP contribution in [0.3, 0.4) is 0 Å². The highest BCUT2D eigenvalue weighted by Gasteiger charge is 1.89. The lowest BCUT2D eigenvalue weighted by atomic mass is 10.2. The van der Waals surface area contributed by atoms with Gasteiger partial charge >= 0.3 is 0 Å². The molecular weight excluding hydrogens is 142 g/mol. The van der Waals surface area contributed by atoms with E-state index in [0.29, 0.717) is 13.0 Å². The third-order valence-corrected chi connectivity index (χ3v) is 1.18. The van der Waals surface area contributed by atoms with E-state index in [1.54, 1.807) is 12.4 Å². The molecule has 5 heteroatoms. The third-order valence-electron chi connectivity index (χ3n) is 1.18. The van der Waals surface area contributed by atoms with Crippen LogP contribution in [-0.2, 0) is 6.42 Å². The smallest absolute Gasteiger partial charge is 0.115 e. The van der Waals surface area contributed by atoms with Crippen LogP contribution in [0.4, 0.5) is 0 Å². The molecule has 1 rings (SSSR count). The summed E-state index contributed by atoms with van der Waals surface area (Å²) in [6.07, 6.45) is 5.59. The summed E-state index contributed by atoms with van der Waals surface area (Å²) in [5, 5.41) is 3.39. The topological polar surface area (TPSA) is 74.5 Å². The van der Waals surface area contributed by atoms with Crippen LogP contribution >= 0.6 is 0 Å². The van der Waals surface area contributed by atoms with Gasteiger partial charge in [0.15, 0.2) is 0 Å². The first-order chi connectivity index (χ1) is 5.43. The van der Waals surface area contributed by atoms with Gasteiger partial charge in [-0.2, -0.15) is 0 Å². The Kier molecular flexibility index (Phi) is 2.89. The Morgan fingerprint density at radius 1 is 1.45 bits per heavy atom. The summed E-state index contributed by atoms with van der Waals surface area (Å²) < 4.78 is 0. The molecule has 0 bridgehead atoms. The quantitative estimate of drug-likeness (QED) is 0.369. The summed E-state index contributed by atoms with van der Waals surface area (Å²) in [5.74, 6) is 0. The molecule has 0 saturated carbocycles. The average molecular weight is 149 g/mol. The van der Waals surface area contributed by atoms with Crippen LogP contribution in [-0.4, -0.2) is 16.5 Å². The van der Waals surface area contributed by atoms with Gasteiger partial charge in [0.25, 0.3) is 0 Å². The molecule has 1 heterocycles. The molecule has 0 aliphatic carbocycles.